The fourth-order valence-corrected chi connectivity index (χ4v) is 1.66. The molecule has 78 valence electrons. The molecule has 0 radical (unpaired) electrons. The normalized spacial score (nSPS) is 12.6. The van der Waals surface area contributed by atoms with E-state index in [-0.39, 0.29) is 0 Å². The average Bonchev–Trinajstić information content (AvgIpc) is 2.10. The second-order valence-electron chi connectivity index (χ2n) is 3.66. The van der Waals surface area contributed by atoms with Gasteiger partial charge in [0.2, 0.25) is 0 Å². The molecule has 1 unspecified atom stereocenters. The monoisotopic (exact) mass is 212 g/mol. The van der Waals surface area contributed by atoms with E-state index >= 15 is 0 Å². The zero-order valence-electron chi connectivity index (χ0n) is 8.97. The number of aryl methyl sites for hydroxylation is 1. The van der Waals surface area contributed by atoms with Crippen molar-refractivity contribution in [2.45, 2.75) is 39.7 Å². The highest BCUT2D eigenvalue weighted by Crippen LogP contribution is 2.18. The average molecular weight is 213 g/mol. The predicted octanol–water partition coefficient (Wildman–Crippen LogP) is 3.64. The fourth-order valence-electron chi connectivity index (χ4n) is 1.44. The third kappa shape index (κ3) is 3.18. The number of anilines is 1. The van der Waals surface area contributed by atoms with Crippen LogP contribution in [0.5, 0.6) is 0 Å². The van der Waals surface area contributed by atoms with Crippen LogP contribution in [0.3, 0.4) is 0 Å². The van der Waals surface area contributed by atoms with Crippen molar-refractivity contribution in [1.29, 1.82) is 0 Å². The third-order valence-electron chi connectivity index (χ3n) is 2.20. The first-order valence-corrected chi connectivity index (χ1v) is 5.40. The number of nitrogens with one attached hydrogen (secondary N) is 1. The molecular weight excluding hydrogens is 196 g/mol. The summed E-state index contributed by atoms with van der Waals surface area (Å²) in [5, 5.41) is 3.97. The summed E-state index contributed by atoms with van der Waals surface area (Å²) in [6.45, 7) is 6.40. The lowest BCUT2D eigenvalue weighted by Gasteiger charge is -2.15. The Morgan fingerprint density at radius 1 is 1.57 bits per heavy atom. The third-order valence-corrected chi connectivity index (χ3v) is 2.41. The van der Waals surface area contributed by atoms with E-state index in [1.54, 1.807) is 6.20 Å². The first kappa shape index (κ1) is 11.3. The number of nitrogens with zero attached hydrogens (tertiary/aromatic N) is 1. The number of aromatic nitrogens is 1. The first-order valence-electron chi connectivity index (χ1n) is 5.02. The molecule has 1 aromatic rings. The van der Waals surface area contributed by atoms with E-state index in [4.69, 9.17) is 11.6 Å². The van der Waals surface area contributed by atoms with Gasteiger partial charge in [-0.3, -0.25) is 0 Å². The van der Waals surface area contributed by atoms with Crippen molar-refractivity contribution < 1.29 is 0 Å². The highest BCUT2D eigenvalue weighted by Gasteiger charge is 2.03. The summed E-state index contributed by atoms with van der Waals surface area (Å²) in [4.78, 5) is 4.06. The lowest BCUT2D eigenvalue weighted by molar-refractivity contribution is 0.689. The molecule has 1 atom stereocenters. The molecule has 0 aromatic carbocycles. The van der Waals surface area contributed by atoms with Crippen LogP contribution in [0.1, 0.15) is 32.3 Å². The molecule has 14 heavy (non-hydrogen) atoms. The van der Waals surface area contributed by atoms with Gasteiger partial charge in [0.1, 0.15) is 5.15 Å². The maximum atomic E-state index is 5.78. The zero-order chi connectivity index (χ0) is 10.6. The number of rotatable bonds is 4. The van der Waals surface area contributed by atoms with Crippen molar-refractivity contribution in [3.63, 3.8) is 0 Å². The molecule has 0 amide bonds. The van der Waals surface area contributed by atoms with E-state index in [0.717, 1.165) is 11.3 Å². The molecule has 0 bridgehead atoms. The van der Waals surface area contributed by atoms with Gasteiger partial charge >= 0.3 is 0 Å². The minimum atomic E-state index is 0.488. The first-order chi connectivity index (χ1) is 6.63. The quantitative estimate of drug-likeness (QED) is 0.771. The highest BCUT2D eigenvalue weighted by molar-refractivity contribution is 6.29. The number of hydrogen-bond donors (Lipinski definition) is 1. The van der Waals surface area contributed by atoms with E-state index in [9.17, 15) is 0 Å². The number of pyridine rings is 1. The maximum Gasteiger partial charge on any atom is 0.129 e. The summed E-state index contributed by atoms with van der Waals surface area (Å²) in [6, 6.07) is 2.37. The van der Waals surface area contributed by atoms with Crippen molar-refractivity contribution in [1.82, 2.24) is 4.98 Å². The van der Waals surface area contributed by atoms with Crippen molar-refractivity contribution in [3.8, 4) is 0 Å². The van der Waals surface area contributed by atoms with Crippen molar-refractivity contribution in [3.05, 3.63) is 23.0 Å². The van der Waals surface area contributed by atoms with Crippen molar-refractivity contribution in [2.24, 2.45) is 0 Å². The van der Waals surface area contributed by atoms with E-state index in [2.05, 4.69) is 24.1 Å². The van der Waals surface area contributed by atoms with Gasteiger partial charge < -0.3 is 5.32 Å². The Morgan fingerprint density at radius 2 is 2.29 bits per heavy atom. The van der Waals surface area contributed by atoms with Gasteiger partial charge in [-0.25, -0.2) is 4.98 Å². The summed E-state index contributed by atoms with van der Waals surface area (Å²) in [5.74, 6) is 0. The summed E-state index contributed by atoms with van der Waals surface area (Å²) in [7, 11) is 0. The van der Waals surface area contributed by atoms with Gasteiger partial charge in [-0.05, 0) is 31.9 Å². The molecule has 0 saturated heterocycles. The second kappa shape index (κ2) is 5.20. The largest absolute Gasteiger partial charge is 0.381 e. The van der Waals surface area contributed by atoms with E-state index in [1.165, 1.54) is 12.8 Å². The molecule has 1 N–H and O–H groups in total. The van der Waals surface area contributed by atoms with Gasteiger partial charge in [0.05, 0.1) is 11.9 Å². The van der Waals surface area contributed by atoms with E-state index in [1.807, 2.05) is 13.0 Å². The van der Waals surface area contributed by atoms with Crippen LogP contribution >= 0.6 is 11.6 Å². The van der Waals surface area contributed by atoms with Gasteiger partial charge in [0, 0.05) is 6.04 Å². The van der Waals surface area contributed by atoms with Crippen LogP contribution < -0.4 is 5.32 Å². The van der Waals surface area contributed by atoms with Crippen LogP contribution in [0.4, 0.5) is 5.69 Å². The molecule has 1 heterocycles. The standard InChI is InChI=1S/C11H17ClN2/c1-4-5-9(3)14-10-7-13-11(12)6-8(10)2/h6-7,9,14H,4-5H2,1-3H3. The summed E-state index contributed by atoms with van der Waals surface area (Å²) < 4.78 is 0. The van der Waals surface area contributed by atoms with Crippen LogP contribution in [0.15, 0.2) is 12.3 Å². The molecule has 0 aliphatic heterocycles. The molecule has 0 aliphatic rings. The Kier molecular flexibility index (Phi) is 4.21. The molecule has 0 fully saturated rings. The van der Waals surface area contributed by atoms with Gasteiger partial charge in [-0.2, -0.15) is 0 Å². The molecule has 0 saturated carbocycles. The zero-order valence-corrected chi connectivity index (χ0v) is 9.73. The Hall–Kier alpha value is -0.760. The minimum Gasteiger partial charge on any atom is -0.381 e. The van der Waals surface area contributed by atoms with Crippen LogP contribution in [0.2, 0.25) is 5.15 Å². The van der Waals surface area contributed by atoms with Crippen LogP contribution in [-0.2, 0) is 0 Å². The van der Waals surface area contributed by atoms with Crippen LogP contribution in [-0.4, -0.2) is 11.0 Å². The van der Waals surface area contributed by atoms with Crippen LogP contribution in [0.25, 0.3) is 0 Å². The predicted molar refractivity (Wildman–Crippen MR) is 62.0 cm³/mol. The minimum absolute atomic E-state index is 0.488. The van der Waals surface area contributed by atoms with Gasteiger partial charge in [-0.15, -0.1) is 0 Å². The maximum absolute atomic E-state index is 5.78. The number of halogens is 1. The SMILES string of the molecule is CCCC(C)Nc1cnc(Cl)cc1C. The Morgan fingerprint density at radius 3 is 2.86 bits per heavy atom. The molecule has 2 nitrogen and oxygen atoms in total. The summed E-state index contributed by atoms with van der Waals surface area (Å²) in [5.41, 5.74) is 2.23. The van der Waals surface area contributed by atoms with Crippen molar-refractivity contribution >= 4 is 17.3 Å². The lowest BCUT2D eigenvalue weighted by Crippen LogP contribution is -2.15. The fraction of sp³-hybridized carbons (Fsp3) is 0.545. The highest BCUT2D eigenvalue weighted by atomic mass is 35.5. The topological polar surface area (TPSA) is 24.9 Å². The van der Waals surface area contributed by atoms with E-state index < -0.39 is 0 Å². The Bertz CT molecular complexity index is 299. The summed E-state index contributed by atoms with van der Waals surface area (Å²) >= 11 is 5.78. The van der Waals surface area contributed by atoms with Crippen LogP contribution in [0, 0.1) is 6.92 Å². The molecule has 0 aliphatic carbocycles. The molecular formula is C11H17ClN2. The molecule has 1 aromatic heterocycles. The Balaban J connectivity index is 2.67. The summed E-state index contributed by atoms with van der Waals surface area (Å²) in [6.07, 6.45) is 4.15. The van der Waals surface area contributed by atoms with Gasteiger partial charge in [0.25, 0.3) is 0 Å². The molecule has 1 rings (SSSR count). The molecule has 3 heteroatoms. The lowest BCUT2D eigenvalue weighted by atomic mass is 10.1. The van der Waals surface area contributed by atoms with Crippen molar-refractivity contribution in [2.75, 3.05) is 5.32 Å². The second-order valence-corrected chi connectivity index (χ2v) is 4.04. The van der Waals surface area contributed by atoms with Gasteiger partial charge in [0.15, 0.2) is 0 Å². The Labute approximate surface area is 90.7 Å². The number of hydrogen-bond acceptors (Lipinski definition) is 2. The smallest absolute Gasteiger partial charge is 0.129 e. The van der Waals surface area contributed by atoms with Gasteiger partial charge in [-0.1, -0.05) is 24.9 Å². The van der Waals surface area contributed by atoms with E-state index in [0.29, 0.717) is 11.2 Å². The molecule has 0 spiro atoms.